The standard InChI is InChI=1S/C20H19FN4O2.C2HF3O2/c1-27-18-11-15(21)4-5-16(18)20(26)24-8-6-19-23-13-17(25(19)10-9-24)14-3-2-7-22-12-14;3-2(4,5)1(6)7/h2-5,7,11-13H,6,8-10H2,1H3;(H,6,7). The van der Waals surface area contributed by atoms with Crippen molar-refractivity contribution in [2.75, 3.05) is 20.2 Å². The number of hydrogen-bond acceptors (Lipinski definition) is 5. The number of amides is 1. The minimum atomic E-state index is -5.08. The molecule has 2 aromatic heterocycles. The van der Waals surface area contributed by atoms with Crippen molar-refractivity contribution in [1.82, 2.24) is 19.4 Å². The fourth-order valence-corrected chi connectivity index (χ4v) is 3.39. The molecule has 0 aliphatic carbocycles. The molecule has 0 spiro atoms. The number of carboxylic acid groups (broad SMARTS) is 1. The van der Waals surface area contributed by atoms with E-state index in [1.165, 1.54) is 25.3 Å². The van der Waals surface area contributed by atoms with Gasteiger partial charge in [-0.2, -0.15) is 13.2 Å². The van der Waals surface area contributed by atoms with Crippen LogP contribution < -0.4 is 4.74 Å². The SMILES string of the molecule is COc1cc(F)ccc1C(=O)N1CCc2ncc(-c3cccnc3)n2CC1.O=C(O)C(F)(F)F. The van der Waals surface area contributed by atoms with Gasteiger partial charge < -0.3 is 19.3 Å². The summed E-state index contributed by atoms with van der Waals surface area (Å²) in [5.41, 5.74) is 2.36. The molecule has 3 heterocycles. The van der Waals surface area contributed by atoms with Crippen LogP contribution in [0.1, 0.15) is 16.2 Å². The number of aromatic nitrogens is 3. The molecule has 12 heteroatoms. The third-order valence-electron chi connectivity index (χ3n) is 5.02. The van der Waals surface area contributed by atoms with E-state index in [1.54, 1.807) is 11.1 Å². The van der Waals surface area contributed by atoms with Gasteiger partial charge in [0, 0.05) is 50.1 Å². The topological polar surface area (TPSA) is 97.5 Å². The van der Waals surface area contributed by atoms with Gasteiger partial charge in [0.2, 0.25) is 0 Å². The first-order valence-electron chi connectivity index (χ1n) is 9.99. The van der Waals surface area contributed by atoms with E-state index >= 15 is 0 Å². The second-order valence-corrected chi connectivity index (χ2v) is 7.14. The fraction of sp³-hybridized carbons (Fsp3) is 0.273. The number of nitrogens with zero attached hydrogens (tertiary/aromatic N) is 4. The van der Waals surface area contributed by atoms with Crippen molar-refractivity contribution in [2.24, 2.45) is 0 Å². The fourth-order valence-electron chi connectivity index (χ4n) is 3.39. The lowest BCUT2D eigenvalue weighted by Crippen LogP contribution is -2.34. The smallest absolute Gasteiger partial charge is 0.490 e. The summed E-state index contributed by atoms with van der Waals surface area (Å²) in [7, 11) is 1.43. The molecule has 34 heavy (non-hydrogen) atoms. The predicted molar refractivity (Wildman–Crippen MR) is 112 cm³/mol. The first-order chi connectivity index (χ1) is 16.1. The molecule has 0 bridgehead atoms. The number of hydrogen-bond donors (Lipinski definition) is 1. The number of halogens is 4. The van der Waals surface area contributed by atoms with Crippen molar-refractivity contribution in [1.29, 1.82) is 0 Å². The zero-order chi connectivity index (χ0) is 24.9. The number of benzene rings is 1. The molecule has 0 atom stereocenters. The molecule has 0 saturated carbocycles. The molecular formula is C22H20F4N4O4. The van der Waals surface area contributed by atoms with Crippen LogP contribution >= 0.6 is 0 Å². The summed E-state index contributed by atoms with van der Waals surface area (Å²) < 4.78 is 52.5. The summed E-state index contributed by atoms with van der Waals surface area (Å²) in [4.78, 5) is 32.3. The Morgan fingerprint density at radius 1 is 1.12 bits per heavy atom. The predicted octanol–water partition coefficient (Wildman–Crippen LogP) is 3.42. The minimum Gasteiger partial charge on any atom is -0.496 e. The van der Waals surface area contributed by atoms with E-state index in [4.69, 9.17) is 14.6 Å². The van der Waals surface area contributed by atoms with E-state index in [9.17, 15) is 22.4 Å². The average Bonchev–Trinajstić information content (AvgIpc) is 3.10. The Balaban J connectivity index is 0.000000406. The Kier molecular flexibility index (Phi) is 7.49. The first-order valence-corrected chi connectivity index (χ1v) is 9.99. The normalized spacial score (nSPS) is 13.3. The molecule has 8 nitrogen and oxygen atoms in total. The van der Waals surface area contributed by atoms with Gasteiger partial charge in [-0.05, 0) is 24.3 Å². The number of aliphatic carboxylic acids is 1. The quantitative estimate of drug-likeness (QED) is 0.577. The maximum Gasteiger partial charge on any atom is 0.490 e. The Morgan fingerprint density at radius 3 is 2.47 bits per heavy atom. The third kappa shape index (κ3) is 5.69. The highest BCUT2D eigenvalue weighted by molar-refractivity contribution is 5.97. The molecular weight excluding hydrogens is 460 g/mol. The molecule has 1 amide bonds. The van der Waals surface area contributed by atoms with Crippen molar-refractivity contribution >= 4 is 11.9 Å². The van der Waals surface area contributed by atoms with Gasteiger partial charge in [0.05, 0.1) is 24.6 Å². The zero-order valence-corrected chi connectivity index (χ0v) is 17.9. The van der Waals surface area contributed by atoms with E-state index in [0.29, 0.717) is 31.6 Å². The highest BCUT2D eigenvalue weighted by Gasteiger charge is 2.38. The van der Waals surface area contributed by atoms with Crippen molar-refractivity contribution in [3.8, 4) is 17.0 Å². The number of carbonyl (C=O) groups is 2. The molecule has 1 aliphatic heterocycles. The highest BCUT2D eigenvalue weighted by Crippen LogP contribution is 2.25. The van der Waals surface area contributed by atoms with E-state index < -0.39 is 18.0 Å². The maximum atomic E-state index is 13.4. The third-order valence-corrected chi connectivity index (χ3v) is 5.02. The van der Waals surface area contributed by atoms with Gasteiger partial charge in [-0.3, -0.25) is 9.78 Å². The molecule has 180 valence electrons. The van der Waals surface area contributed by atoms with Crippen LogP contribution in [-0.2, 0) is 17.8 Å². The monoisotopic (exact) mass is 480 g/mol. The summed E-state index contributed by atoms with van der Waals surface area (Å²) in [5, 5.41) is 7.12. The van der Waals surface area contributed by atoms with Crippen LogP contribution in [0.4, 0.5) is 17.6 Å². The van der Waals surface area contributed by atoms with Crippen molar-refractivity contribution in [3.05, 3.63) is 66.1 Å². The van der Waals surface area contributed by atoms with Gasteiger partial charge in [0.25, 0.3) is 5.91 Å². The number of pyridine rings is 1. The Bertz CT molecular complexity index is 1170. The average molecular weight is 480 g/mol. The lowest BCUT2D eigenvalue weighted by molar-refractivity contribution is -0.192. The van der Waals surface area contributed by atoms with Gasteiger partial charge in [0.15, 0.2) is 0 Å². The molecule has 1 aromatic carbocycles. The number of carbonyl (C=O) groups excluding carboxylic acids is 1. The summed E-state index contributed by atoms with van der Waals surface area (Å²) >= 11 is 0. The second-order valence-electron chi connectivity index (χ2n) is 7.14. The van der Waals surface area contributed by atoms with Crippen LogP contribution in [0.25, 0.3) is 11.3 Å². The van der Waals surface area contributed by atoms with Crippen LogP contribution in [0.2, 0.25) is 0 Å². The van der Waals surface area contributed by atoms with Gasteiger partial charge in [0.1, 0.15) is 17.4 Å². The Labute approximate surface area is 191 Å². The molecule has 3 aromatic rings. The zero-order valence-electron chi connectivity index (χ0n) is 17.9. The van der Waals surface area contributed by atoms with Crippen LogP contribution in [0.15, 0.2) is 48.9 Å². The molecule has 0 saturated heterocycles. The largest absolute Gasteiger partial charge is 0.496 e. The van der Waals surface area contributed by atoms with E-state index in [0.717, 1.165) is 17.1 Å². The molecule has 0 fully saturated rings. The molecule has 0 radical (unpaired) electrons. The van der Waals surface area contributed by atoms with Crippen LogP contribution in [0, 0.1) is 5.82 Å². The molecule has 4 rings (SSSR count). The Morgan fingerprint density at radius 2 is 1.85 bits per heavy atom. The van der Waals surface area contributed by atoms with Gasteiger partial charge in [-0.15, -0.1) is 0 Å². The maximum absolute atomic E-state index is 13.4. The summed E-state index contributed by atoms with van der Waals surface area (Å²) in [6, 6.07) is 7.87. The minimum absolute atomic E-state index is 0.166. The number of ether oxygens (including phenoxy) is 1. The van der Waals surface area contributed by atoms with Crippen LogP contribution in [-0.4, -0.2) is 62.8 Å². The summed E-state index contributed by atoms with van der Waals surface area (Å²) in [6.45, 7) is 1.72. The first kappa shape index (κ1) is 24.7. The number of rotatable bonds is 3. The molecule has 1 N–H and O–H groups in total. The van der Waals surface area contributed by atoms with E-state index in [-0.39, 0.29) is 11.7 Å². The number of methoxy groups -OCH3 is 1. The molecule has 0 unspecified atom stereocenters. The lowest BCUT2D eigenvalue weighted by Gasteiger charge is -2.21. The highest BCUT2D eigenvalue weighted by atomic mass is 19.4. The van der Waals surface area contributed by atoms with Crippen molar-refractivity contribution in [2.45, 2.75) is 19.1 Å². The van der Waals surface area contributed by atoms with Crippen LogP contribution in [0.5, 0.6) is 5.75 Å². The lowest BCUT2D eigenvalue weighted by atomic mass is 10.1. The molecule has 1 aliphatic rings. The van der Waals surface area contributed by atoms with Crippen molar-refractivity contribution in [3.63, 3.8) is 0 Å². The number of fused-ring (bicyclic) bond motifs is 1. The summed E-state index contributed by atoms with van der Waals surface area (Å²) in [5.74, 6) is -2.16. The van der Waals surface area contributed by atoms with Crippen molar-refractivity contribution < 1.29 is 37.0 Å². The second kappa shape index (κ2) is 10.3. The number of alkyl halides is 3. The van der Waals surface area contributed by atoms with E-state index in [1.807, 2.05) is 24.5 Å². The van der Waals surface area contributed by atoms with Crippen LogP contribution in [0.3, 0.4) is 0 Å². The van der Waals surface area contributed by atoms with Gasteiger partial charge >= 0.3 is 12.1 Å². The van der Waals surface area contributed by atoms with Gasteiger partial charge in [-0.25, -0.2) is 14.2 Å². The summed E-state index contributed by atoms with van der Waals surface area (Å²) in [6.07, 6.45) is 0.962. The number of imidazole rings is 1. The number of carboxylic acids is 1. The van der Waals surface area contributed by atoms with Gasteiger partial charge in [-0.1, -0.05) is 0 Å². The Hall–Kier alpha value is -3.96. The van der Waals surface area contributed by atoms with E-state index in [2.05, 4.69) is 14.5 Å².